The van der Waals surface area contributed by atoms with Crippen molar-refractivity contribution in [2.75, 3.05) is 38.7 Å². The molecule has 1 saturated heterocycles. The summed E-state index contributed by atoms with van der Waals surface area (Å²) in [5.74, 6) is -0.0962. The molecule has 1 aliphatic rings. The van der Waals surface area contributed by atoms with Gasteiger partial charge in [0.25, 0.3) is 5.91 Å². The lowest BCUT2D eigenvalue weighted by atomic mass is 9.98. The minimum absolute atomic E-state index is 0.000130. The Morgan fingerprint density at radius 2 is 1.89 bits per heavy atom. The van der Waals surface area contributed by atoms with Gasteiger partial charge in [0.2, 0.25) is 5.91 Å². The summed E-state index contributed by atoms with van der Waals surface area (Å²) >= 11 is 0. The number of likely N-dealkylation sites (tertiary alicyclic amines) is 1. The summed E-state index contributed by atoms with van der Waals surface area (Å²) in [6.07, 6.45) is 2.05. The van der Waals surface area contributed by atoms with Gasteiger partial charge in [0.05, 0.1) is 13.0 Å². The summed E-state index contributed by atoms with van der Waals surface area (Å²) in [6.45, 7) is 4.24. The van der Waals surface area contributed by atoms with Crippen molar-refractivity contribution < 1.29 is 23.9 Å². The van der Waals surface area contributed by atoms with Crippen molar-refractivity contribution in [2.45, 2.75) is 32.6 Å². The second-order valence-corrected chi connectivity index (χ2v) is 6.82. The second-order valence-electron chi connectivity index (χ2n) is 6.82. The number of amides is 2. The second kappa shape index (κ2) is 10.7. The lowest BCUT2D eigenvalue weighted by molar-refractivity contribution is -0.145. The van der Waals surface area contributed by atoms with Gasteiger partial charge in [-0.15, -0.1) is 0 Å². The van der Waals surface area contributed by atoms with Crippen LogP contribution >= 0.6 is 0 Å². The summed E-state index contributed by atoms with van der Waals surface area (Å²) in [4.78, 5) is 38.0. The maximum absolute atomic E-state index is 12.6. The molecule has 0 radical (unpaired) electrons. The molecule has 0 bridgehead atoms. The lowest BCUT2D eigenvalue weighted by Gasteiger charge is -2.30. The van der Waals surface area contributed by atoms with E-state index in [0.29, 0.717) is 23.8 Å². The van der Waals surface area contributed by atoms with Gasteiger partial charge in [-0.05, 0) is 37.0 Å². The van der Waals surface area contributed by atoms with Gasteiger partial charge in [-0.2, -0.15) is 0 Å². The number of piperidine rings is 1. The summed E-state index contributed by atoms with van der Waals surface area (Å²) in [6, 6.07) is 6.90. The Kier molecular flexibility index (Phi) is 8.26. The molecule has 1 fully saturated rings. The normalized spacial score (nSPS) is 14.7. The lowest BCUT2D eigenvalue weighted by Crippen LogP contribution is -2.37. The van der Waals surface area contributed by atoms with Crippen molar-refractivity contribution in [2.24, 2.45) is 5.92 Å². The smallest absolute Gasteiger partial charge is 0.306 e. The summed E-state index contributed by atoms with van der Waals surface area (Å²) in [7, 11) is 1.52. The Hall–Kier alpha value is -2.41. The van der Waals surface area contributed by atoms with E-state index in [2.05, 4.69) is 12.2 Å². The topological polar surface area (TPSA) is 84.9 Å². The van der Waals surface area contributed by atoms with Crippen LogP contribution < -0.4 is 5.32 Å². The highest BCUT2D eigenvalue weighted by Gasteiger charge is 2.21. The van der Waals surface area contributed by atoms with Gasteiger partial charge in [0.15, 0.2) is 0 Å². The van der Waals surface area contributed by atoms with E-state index in [4.69, 9.17) is 9.47 Å². The molecule has 1 aromatic carbocycles. The van der Waals surface area contributed by atoms with Crippen molar-refractivity contribution in [3.63, 3.8) is 0 Å². The fraction of sp³-hybridized carbons (Fsp3) is 0.550. The van der Waals surface area contributed by atoms with Gasteiger partial charge < -0.3 is 19.7 Å². The molecule has 1 heterocycles. The molecule has 0 saturated carbocycles. The van der Waals surface area contributed by atoms with Gasteiger partial charge in [-0.25, -0.2) is 0 Å². The SMILES string of the molecule is COCCOC(=O)CCC(=O)Nc1cccc(C(=O)N2CCC(C)CC2)c1. The van der Waals surface area contributed by atoms with Crippen LogP contribution in [-0.2, 0) is 19.1 Å². The minimum atomic E-state index is -0.439. The molecule has 0 spiro atoms. The summed E-state index contributed by atoms with van der Waals surface area (Å²) in [5, 5.41) is 2.73. The summed E-state index contributed by atoms with van der Waals surface area (Å²) < 4.78 is 9.70. The number of nitrogens with one attached hydrogen (secondary N) is 1. The highest BCUT2D eigenvalue weighted by atomic mass is 16.6. The van der Waals surface area contributed by atoms with E-state index < -0.39 is 5.97 Å². The molecular formula is C20H28N2O5. The molecule has 0 aromatic heterocycles. The van der Waals surface area contributed by atoms with Crippen molar-refractivity contribution in [3.05, 3.63) is 29.8 Å². The standard InChI is InChI=1S/C20H28N2O5/c1-15-8-10-22(11-9-15)20(25)16-4-3-5-17(14-16)21-18(23)6-7-19(24)27-13-12-26-2/h3-5,14-15H,6-13H2,1-2H3,(H,21,23). The van der Waals surface area contributed by atoms with Gasteiger partial charge in [0.1, 0.15) is 6.61 Å². The number of anilines is 1. The molecule has 2 rings (SSSR count). The van der Waals surface area contributed by atoms with E-state index >= 15 is 0 Å². The molecule has 0 aliphatic carbocycles. The number of nitrogens with zero attached hydrogens (tertiary/aromatic N) is 1. The predicted molar refractivity (Wildman–Crippen MR) is 101 cm³/mol. The van der Waals surface area contributed by atoms with E-state index in [1.165, 1.54) is 7.11 Å². The summed E-state index contributed by atoms with van der Waals surface area (Å²) in [5.41, 5.74) is 1.10. The number of ether oxygens (including phenoxy) is 2. The molecule has 2 amide bonds. The number of carbonyl (C=O) groups is 3. The van der Waals surface area contributed by atoms with Crippen LogP contribution in [0, 0.1) is 5.92 Å². The van der Waals surface area contributed by atoms with Gasteiger partial charge in [-0.1, -0.05) is 13.0 Å². The van der Waals surface area contributed by atoms with Crippen molar-refractivity contribution >= 4 is 23.5 Å². The van der Waals surface area contributed by atoms with Crippen LogP contribution in [0.25, 0.3) is 0 Å². The number of methoxy groups -OCH3 is 1. The molecule has 7 nitrogen and oxygen atoms in total. The monoisotopic (exact) mass is 376 g/mol. The molecular weight excluding hydrogens is 348 g/mol. The van der Waals surface area contributed by atoms with E-state index in [0.717, 1.165) is 25.9 Å². The molecule has 27 heavy (non-hydrogen) atoms. The van der Waals surface area contributed by atoms with Crippen LogP contribution in [0.2, 0.25) is 0 Å². The quantitative estimate of drug-likeness (QED) is 0.556. The Balaban J connectivity index is 1.83. The predicted octanol–water partition coefficient (Wildman–Crippen LogP) is 2.47. The zero-order chi connectivity index (χ0) is 19.6. The third-order valence-electron chi connectivity index (χ3n) is 4.57. The minimum Gasteiger partial charge on any atom is -0.463 e. The first-order valence-corrected chi connectivity index (χ1v) is 9.33. The van der Waals surface area contributed by atoms with Crippen LogP contribution in [0.15, 0.2) is 24.3 Å². The zero-order valence-corrected chi connectivity index (χ0v) is 16.0. The van der Waals surface area contributed by atoms with E-state index in [1.807, 2.05) is 4.90 Å². The van der Waals surface area contributed by atoms with Gasteiger partial charge in [-0.3, -0.25) is 14.4 Å². The Bertz CT molecular complexity index is 654. The maximum Gasteiger partial charge on any atom is 0.306 e. The van der Waals surface area contributed by atoms with E-state index in [9.17, 15) is 14.4 Å². The van der Waals surface area contributed by atoms with Crippen LogP contribution in [-0.4, -0.2) is 56.1 Å². The van der Waals surface area contributed by atoms with Crippen molar-refractivity contribution in [1.29, 1.82) is 0 Å². The van der Waals surface area contributed by atoms with E-state index in [-0.39, 0.29) is 31.3 Å². The molecule has 7 heteroatoms. The molecule has 0 atom stereocenters. The average Bonchev–Trinajstić information content (AvgIpc) is 2.67. The first-order valence-electron chi connectivity index (χ1n) is 9.33. The number of benzene rings is 1. The third kappa shape index (κ3) is 7.02. The molecule has 0 unspecified atom stereocenters. The van der Waals surface area contributed by atoms with Crippen molar-refractivity contribution in [3.8, 4) is 0 Å². The number of rotatable bonds is 8. The molecule has 1 aliphatic heterocycles. The maximum atomic E-state index is 12.6. The van der Waals surface area contributed by atoms with Crippen LogP contribution in [0.3, 0.4) is 0 Å². The van der Waals surface area contributed by atoms with Crippen LogP contribution in [0.5, 0.6) is 0 Å². The van der Waals surface area contributed by atoms with Crippen LogP contribution in [0.4, 0.5) is 5.69 Å². The highest BCUT2D eigenvalue weighted by Crippen LogP contribution is 2.19. The van der Waals surface area contributed by atoms with Gasteiger partial charge >= 0.3 is 5.97 Å². The zero-order valence-electron chi connectivity index (χ0n) is 16.0. The molecule has 148 valence electrons. The van der Waals surface area contributed by atoms with E-state index in [1.54, 1.807) is 24.3 Å². The number of carbonyl (C=O) groups excluding carboxylic acids is 3. The number of hydrogen-bond acceptors (Lipinski definition) is 5. The molecule has 1 N–H and O–H groups in total. The average molecular weight is 376 g/mol. The first-order chi connectivity index (χ1) is 13.0. The van der Waals surface area contributed by atoms with Gasteiger partial charge in [0, 0.05) is 37.9 Å². The van der Waals surface area contributed by atoms with Crippen molar-refractivity contribution in [1.82, 2.24) is 4.90 Å². The Morgan fingerprint density at radius 1 is 1.15 bits per heavy atom. The fourth-order valence-corrected chi connectivity index (χ4v) is 2.87. The third-order valence-corrected chi connectivity index (χ3v) is 4.57. The fourth-order valence-electron chi connectivity index (χ4n) is 2.87. The number of esters is 1. The Morgan fingerprint density at radius 3 is 2.59 bits per heavy atom. The Labute approximate surface area is 160 Å². The highest BCUT2D eigenvalue weighted by molar-refractivity contribution is 5.97. The van der Waals surface area contributed by atoms with Crippen LogP contribution in [0.1, 0.15) is 43.0 Å². The largest absolute Gasteiger partial charge is 0.463 e. The number of hydrogen-bond donors (Lipinski definition) is 1. The molecule has 1 aromatic rings. The first kappa shape index (κ1) is 20.9.